The molecule has 0 bridgehead atoms. The van der Waals surface area contributed by atoms with Gasteiger partial charge in [0.15, 0.2) is 23.8 Å². The number of nitrogens with one attached hydrogen (secondary N) is 5. The van der Waals surface area contributed by atoms with Gasteiger partial charge in [0, 0.05) is 6.54 Å². The highest BCUT2D eigenvalue weighted by molar-refractivity contribution is 5.99. The fourth-order valence-electron chi connectivity index (χ4n) is 5.03. The van der Waals surface area contributed by atoms with E-state index in [0.29, 0.717) is 12.3 Å². The number of rotatable bonds is 23. The number of carbonyl (C=O) groups is 6. The van der Waals surface area contributed by atoms with E-state index < -0.39 is 123 Å². The van der Waals surface area contributed by atoms with Crippen LogP contribution >= 0.6 is 0 Å². The van der Waals surface area contributed by atoms with Crippen LogP contribution in [0, 0.1) is 26.1 Å². The van der Waals surface area contributed by atoms with Crippen molar-refractivity contribution in [3.05, 3.63) is 68.4 Å². The Morgan fingerprint density at radius 1 is 0.662 bits per heavy atom. The third kappa shape index (κ3) is 16.3. The molecule has 1 aromatic carbocycles. The standard InChI is InChI=1S/C32H48N22O11/c1-12(2)8-9-52(22-15(54(64)65)10-14(11-42-22)53(62)63)28(61)27(60)43-16(13-6-4-3-5-7-13)23(56)45-19(49-30(36)37)25(58)47-21(51-32(40)41)26(59)46-20(50-31(38)39)24(57)44-18(17(33)55)48-29(34)35/h3-7,10-12,16,18-21,28,61H,8-9H2,1-2H3,(H2,33,55)(H,43,60)(H,44,57)(H,45,56)(H,46,59)(H,47,58)(H4,34,35,48)(H4,36,37,49)(H4,38,39,50)(H4,40,41,51). The molecule has 352 valence electrons. The van der Waals surface area contributed by atoms with Gasteiger partial charge in [-0.1, -0.05) is 44.2 Å². The van der Waals surface area contributed by atoms with Crippen molar-refractivity contribution in [3.8, 4) is 0 Å². The summed E-state index contributed by atoms with van der Waals surface area (Å²) < 4.78 is 0. The average molecular weight is 917 g/mol. The number of primary amides is 1. The summed E-state index contributed by atoms with van der Waals surface area (Å²) >= 11 is 0. The number of nitrogens with two attached hydrogens (primary N) is 9. The maximum atomic E-state index is 14.0. The van der Waals surface area contributed by atoms with Crippen LogP contribution in [0.2, 0.25) is 0 Å². The molecule has 0 aliphatic rings. The summed E-state index contributed by atoms with van der Waals surface area (Å²) in [5, 5.41) is 45.1. The topological polar surface area (TPSA) is 569 Å². The molecule has 0 aliphatic carbocycles. The van der Waals surface area contributed by atoms with Gasteiger partial charge in [-0.3, -0.25) is 49.0 Å². The minimum atomic E-state index is -2.34. The van der Waals surface area contributed by atoms with E-state index in [2.05, 4.69) is 35.6 Å². The molecule has 0 saturated heterocycles. The number of nitro groups is 2. The number of hydrogen-bond donors (Lipinski definition) is 15. The second-order valence-electron chi connectivity index (χ2n) is 13.4. The van der Waals surface area contributed by atoms with Crippen LogP contribution in [0.1, 0.15) is 31.9 Å². The largest absolute Gasteiger partial charge is 0.370 e. The Bertz CT molecular complexity index is 2220. The third-order valence-corrected chi connectivity index (χ3v) is 7.91. The van der Waals surface area contributed by atoms with Crippen LogP contribution in [-0.4, -0.2) is 117 Å². The van der Waals surface area contributed by atoms with Crippen molar-refractivity contribution in [1.29, 1.82) is 0 Å². The van der Waals surface area contributed by atoms with Crippen molar-refractivity contribution in [2.75, 3.05) is 11.4 Å². The molecule has 2 aromatic rings. The van der Waals surface area contributed by atoms with E-state index in [1.165, 1.54) is 30.3 Å². The summed E-state index contributed by atoms with van der Waals surface area (Å²) in [4.78, 5) is 120. The number of amides is 6. The number of aliphatic hydroxyl groups excluding tert-OH is 1. The monoisotopic (exact) mass is 916 g/mol. The van der Waals surface area contributed by atoms with Crippen molar-refractivity contribution in [2.45, 2.75) is 57.2 Å². The number of aromatic nitrogens is 1. The molecule has 0 radical (unpaired) electrons. The van der Waals surface area contributed by atoms with Crippen LogP contribution in [0.4, 0.5) is 17.2 Å². The van der Waals surface area contributed by atoms with Crippen molar-refractivity contribution < 1.29 is 43.7 Å². The quantitative estimate of drug-likeness (QED) is 0.0162. The van der Waals surface area contributed by atoms with Gasteiger partial charge in [-0.2, -0.15) is 0 Å². The Balaban J connectivity index is 2.53. The van der Waals surface area contributed by atoms with Crippen LogP contribution in [0.5, 0.6) is 0 Å². The van der Waals surface area contributed by atoms with Crippen molar-refractivity contribution in [3.63, 3.8) is 0 Å². The van der Waals surface area contributed by atoms with Gasteiger partial charge in [0.2, 0.25) is 42.6 Å². The first-order chi connectivity index (χ1) is 30.3. The second kappa shape index (κ2) is 23.7. The van der Waals surface area contributed by atoms with E-state index in [9.17, 15) is 54.1 Å². The van der Waals surface area contributed by atoms with Gasteiger partial charge in [0.25, 0.3) is 35.2 Å². The van der Waals surface area contributed by atoms with E-state index >= 15 is 0 Å². The highest BCUT2D eigenvalue weighted by Crippen LogP contribution is 2.31. The molecule has 1 aromatic heterocycles. The van der Waals surface area contributed by atoms with Gasteiger partial charge in [-0.25, -0.2) is 25.0 Å². The molecule has 1 heterocycles. The minimum Gasteiger partial charge on any atom is -0.370 e. The maximum Gasteiger partial charge on any atom is 0.318 e. The predicted molar refractivity (Wildman–Crippen MR) is 228 cm³/mol. The zero-order valence-electron chi connectivity index (χ0n) is 34.3. The summed E-state index contributed by atoms with van der Waals surface area (Å²) in [6.45, 7) is 3.26. The van der Waals surface area contributed by atoms with Crippen LogP contribution < -0.4 is 83.1 Å². The molecular weight excluding hydrogens is 868 g/mol. The first kappa shape index (κ1) is 52.0. The lowest BCUT2D eigenvalue weighted by Crippen LogP contribution is -2.58. The van der Waals surface area contributed by atoms with Gasteiger partial charge in [-0.15, -0.1) is 0 Å². The number of aliphatic imine (C=N–C) groups is 4. The normalized spacial score (nSPS) is 13.3. The van der Waals surface area contributed by atoms with Crippen LogP contribution in [0.25, 0.3) is 0 Å². The zero-order chi connectivity index (χ0) is 49.3. The summed E-state index contributed by atoms with van der Waals surface area (Å²) in [6.07, 6.45) is -9.84. The first-order valence-corrected chi connectivity index (χ1v) is 18.3. The predicted octanol–water partition coefficient (Wildman–Crippen LogP) is -7.73. The Morgan fingerprint density at radius 2 is 1.09 bits per heavy atom. The number of carbonyl (C=O) groups excluding carboxylic acids is 6. The second-order valence-corrected chi connectivity index (χ2v) is 13.4. The molecule has 0 aliphatic heterocycles. The molecule has 65 heavy (non-hydrogen) atoms. The van der Waals surface area contributed by atoms with Gasteiger partial charge in [0.1, 0.15) is 12.2 Å². The SMILES string of the molecule is CC(C)CCN(c1ncc([N+](=O)[O-])cc1[N+](=O)[O-])C(O)C(=O)NC(C(=O)NC(N=C(N)N)C(=O)NC(N=C(N)N)C(=O)NC(N=C(N)N)C(=O)NC(N=C(N)N)C(N)=O)c1ccccc1. The lowest BCUT2D eigenvalue weighted by atomic mass is 10.1. The summed E-state index contributed by atoms with van der Waals surface area (Å²) in [6, 6.07) is 5.88. The molecule has 6 unspecified atom stereocenters. The Labute approximate surface area is 366 Å². The van der Waals surface area contributed by atoms with Gasteiger partial charge in [-0.05, 0) is 17.9 Å². The zero-order valence-corrected chi connectivity index (χ0v) is 34.3. The number of anilines is 1. The van der Waals surface area contributed by atoms with Gasteiger partial charge >= 0.3 is 5.69 Å². The maximum absolute atomic E-state index is 14.0. The van der Waals surface area contributed by atoms with Gasteiger partial charge < -0.3 is 88.2 Å². The smallest absolute Gasteiger partial charge is 0.318 e. The summed E-state index contributed by atoms with van der Waals surface area (Å²) in [5.74, 6) is -12.0. The number of hydrogen-bond acceptors (Lipinski definition) is 17. The number of guanidine groups is 4. The average Bonchev–Trinajstić information content (AvgIpc) is 3.20. The molecule has 33 heteroatoms. The fourth-order valence-corrected chi connectivity index (χ4v) is 5.03. The fraction of sp³-hybridized carbons (Fsp3) is 0.344. The molecule has 0 fully saturated rings. The molecule has 6 atom stereocenters. The minimum absolute atomic E-state index is 0.0165. The number of pyridine rings is 1. The van der Waals surface area contributed by atoms with E-state index in [1.807, 2.05) is 16.0 Å². The highest BCUT2D eigenvalue weighted by atomic mass is 16.6. The lowest BCUT2D eigenvalue weighted by molar-refractivity contribution is -0.394. The number of benzene rings is 1. The molecular formula is C32H48N22O11. The Kier molecular flexibility index (Phi) is 19.0. The number of nitrogens with zero attached hydrogens (tertiary/aromatic N) is 8. The molecule has 2 rings (SSSR count). The highest BCUT2D eigenvalue weighted by Gasteiger charge is 2.36. The molecule has 0 saturated carbocycles. The Hall–Kier alpha value is -9.17. The van der Waals surface area contributed by atoms with E-state index in [1.54, 1.807) is 13.8 Å². The summed E-state index contributed by atoms with van der Waals surface area (Å²) in [7, 11) is 0. The summed E-state index contributed by atoms with van der Waals surface area (Å²) in [5.41, 5.74) is 46.8. The van der Waals surface area contributed by atoms with Crippen LogP contribution in [-0.2, 0) is 28.8 Å². The van der Waals surface area contributed by atoms with E-state index in [-0.39, 0.29) is 24.4 Å². The molecule has 0 spiro atoms. The van der Waals surface area contributed by atoms with Crippen LogP contribution in [0.15, 0.2) is 62.6 Å². The van der Waals surface area contributed by atoms with Crippen molar-refractivity contribution >= 4 is 76.5 Å². The van der Waals surface area contributed by atoms with Gasteiger partial charge in [0.05, 0.1) is 15.9 Å². The Morgan fingerprint density at radius 3 is 1.49 bits per heavy atom. The van der Waals surface area contributed by atoms with Crippen molar-refractivity contribution in [1.82, 2.24) is 31.6 Å². The van der Waals surface area contributed by atoms with Crippen LogP contribution in [0.3, 0.4) is 0 Å². The van der Waals surface area contributed by atoms with Crippen molar-refractivity contribution in [2.24, 2.45) is 77.5 Å². The van der Waals surface area contributed by atoms with E-state index in [0.717, 1.165) is 4.90 Å². The molecule has 33 nitrogen and oxygen atoms in total. The first-order valence-electron chi connectivity index (χ1n) is 18.3. The third-order valence-electron chi connectivity index (χ3n) is 7.91. The lowest BCUT2D eigenvalue weighted by Gasteiger charge is -2.30. The van der Waals surface area contributed by atoms with E-state index in [4.69, 9.17) is 51.6 Å². The molecule has 24 N–H and O–H groups in total. The number of aliphatic hydroxyl groups is 1. The molecule has 6 amide bonds.